The average Bonchev–Trinajstić information content (AvgIpc) is 3.24. The molecule has 172 valence electrons. The van der Waals surface area contributed by atoms with Crippen LogP contribution < -0.4 is 0 Å². The lowest BCUT2D eigenvalue weighted by molar-refractivity contribution is -0.161. The van der Waals surface area contributed by atoms with Crippen molar-refractivity contribution in [1.82, 2.24) is 0 Å². The van der Waals surface area contributed by atoms with Crippen molar-refractivity contribution in [3.63, 3.8) is 0 Å². The molecule has 7 heteroatoms. The van der Waals surface area contributed by atoms with Crippen LogP contribution in [0.25, 0.3) is 0 Å². The topological polar surface area (TPSA) is 61.8 Å². The molecule has 0 saturated carbocycles. The van der Waals surface area contributed by atoms with E-state index in [2.05, 4.69) is 40.8 Å². The molecule has 1 aliphatic heterocycles. The molecule has 1 aliphatic carbocycles. The zero-order valence-corrected chi connectivity index (χ0v) is 21.2. The highest BCUT2D eigenvalue weighted by Crippen LogP contribution is 2.38. The summed E-state index contributed by atoms with van der Waals surface area (Å²) in [5.41, 5.74) is 3.52. The lowest BCUT2D eigenvalue weighted by atomic mass is 9.84. The summed E-state index contributed by atoms with van der Waals surface area (Å²) >= 11 is 2.35. The summed E-state index contributed by atoms with van der Waals surface area (Å²) in [5.74, 6) is -0.470. The Hall–Kier alpha value is -1.26. The Kier molecular flexibility index (Phi) is 7.72. The van der Waals surface area contributed by atoms with Crippen molar-refractivity contribution in [1.29, 1.82) is 0 Å². The normalized spacial score (nSPS) is 19.1. The maximum atomic E-state index is 12.8. The maximum absolute atomic E-state index is 12.8. The smallest absolute Gasteiger partial charge is 0.296 e. The zero-order valence-electron chi connectivity index (χ0n) is 18.3. The van der Waals surface area contributed by atoms with E-state index in [1.807, 2.05) is 19.1 Å². The van der Waals surface area contributed by atoms with E-state index >= 15 is 0 Å². The first-order valence-electron chi connectivity index (χ1n) is 11.0. The molecule has 1 atom stereocenters. The van der Waals surface area contributed by atoms with Gasteiger partial charge in [-0.15, -0.1) is 0 Å². The Bertz CT molecular complexity index is 1060. The van der Waals surface area contributed by atoms with E-state index in [0.29, 0.717) is 19.6 Å². The molecule has 2 aliphatic rings. The molecular formula is C25H29IO5S. The molecule has 0 radical (unpaired) electrons. The average molecular weight is 568 g/mol. The number of halogens is 1. The van der Waals surface area contributed by atoms with Gasteiger partial charge < -0.3 is 9.47 Å². The Morgan fingerprint density at radius 1 is 1.09 bits per heavy atom. The lowest BCUT2D eigenvalue weighted by Crippen LogP contribution is -2.33. The van der Waals surface area contributed by atoms with Gasteiger partial charge in [0.25, 0.3) is 10.1 Å². The van der Waals surface area contributed by atoms with E-state index in [0.717, 1.165) is 31.2 Å². The summed E-state index contributed by atoms with van der Waals surface area (Å²) < 4.78 is 44.0. The molecule has 1 saturated heterocycles. The Labute approximate surface area is 204 Å². The molecule has 0 amide bonds. The van der Waals surface area contributed by atoms with Gasteiger partial charge in [-0.3, -0.25) is 4.18 Å². The fraction of sp³-hybridized carbons (Fsp3) is 0.440. The summed E-state index contributed by atoms with van der Waals surface area (Å²) in [6, 6.07) is 15.1. The summed E-state index contributed by atoms with van der Waals surface area (Å²) in [4.78, 5) is 0.198. The number of rotatable bonds is 8. The number of ether oxygens (including phenoxy) is 2. The minimum absolute atomic E-state index is 0.0185. The van der Waals surface area contributed by atoms with Crippen molar-refractivity contribution < 1.29 is 22.1 Å². The quantitative estimate of drug-likeness (QED) is 0.242. The van der Waals surface area contributed by atoms with Gasteiger partial charge in [0.1, 0.15) is 0 Å². The van der Waals surface area contributed by atoms with Gasteiger partial charge in [-0.2, -0.15) is 8.42 Å². The predicted molar refractivity (Wildman–Crippen MR) is 132 cm³/mol. The van der Waals surface area contributed by atoms with Crippen molar-refractivity contribution in [2.24, 2.45) is 5.92 Å². The van der Waals surface area contributed by atoms with Crippen LogP contribution in [0.5, 0.6) is 0 Å². The highest BCUT2D eigenvalue weighted by molar-refractivity contribution is 14.1. The van der Waals surface area contributed by atoms with Crippen molar-refractivity contribution in [2.75, 3.05) is 19.8 Å². The van der Waals surface area contributed by atoms with Crippen molar-refractivity contribution >= 4 is 32.7 Å². The monoisotopic (exact) mass is 568 g/mol. The van der Waals surface area contributed by atoms with Crippen LogP contribution in [0.15, 0.2) is 65.1 Å². The molecule has 0 aromatic heterocycles. The molecule has 32 heavy (non-hydrogen) atoms. The number of hydrogen-bond donors (Lipinski definition) is 0. The van der Waals surface area contributed by atoms with Gasteiger partial charge in [0, 0.05) is 22.3 Å². The fourth-order valence-electron chi connectivity index (χ4n) is 4.31. The largest absolute Gasteiger partial charge is 0.347 e. The lowest BCUT2D eigenvalue weighted by Gasteiger charge is -2.33. The Morgan fingerprint density at radius 3 is 2.47 bits per heavy atom. The van der Waals surface area contributed by atoms with Gasteiger partial charge >= 0.3 is 0 Å². The van der Waals surface area contributed by atoms with Crippen LogP contribution in [0.2, 0.25) is 0 Å². The highest BCUT2D eigenvalue weighted by Gasteiger charge is 2.38. The van der Waals surface area contributed by atoms with Gasteiger partial charge in [-0.05, 0) is 72.5 Å². The molecule has 1 heterocycles. The van der Waals surface area contributed by atoms with Crippen LogP contribution in [0.4, 0.5) is 0 Å². The van der Waals surface area contributed by atoms with Crippen molar-refractivity contribution in [2.45, 2.75) is 49.7 Å². The summed E-state index contributed by atoms with van der Waals surface area (Å²) in [5, 5.41) is 0. The van der Waals surface area contributed by atoms with Crippen LogP contribution >= 0.6 is 22.6 Å². The summed E-state index contributed by atoms with van der Waals surface area (Å²) in [6.45, 7) is 3.34. The maximum Gasteiger partial charge on any atom is 0.296 e. The number of benzene rings is 2. The summed E-state index contributed by atoms with van der Waals surface area (Å²) in [6.07, 6.45) is 6.19. The van der Waals surface area contributed by atoms with Crippen LogP contribution in [-0.4, -0.2) is 34.0 Å². The molecule has 1 spiro atoms. The molecule has 5 nitrogen and oxygen atoms in total. The first-order chi connectivity index (χ1) is 15.4. The van der Waals surface area contributed by atoms with Crippen molar-refractivity contribution in [3.8, 4) is 0 Å². The van der Waals surface area contributed by atoms with Crippen LogP contribution in [-0.2, 0) is 30.2 Å². The molecule has 2 aromatic carbocycles. The zero-order chi connectivity index (χ0) is 22.6. The number of aryl methyl sites for hydroxylation is 2. The first kappa shape index (κ1) is 23.9. The van der Waals surface area contributed by atoms with E-state index in [4.69, 9.17) is 13.7 Å². The molecule has 0 N–H and O–H groups in total. The van der Waals surface area contributed by atoms with Gasteiger partial charge in [0.15, 0.2) is 5.79 Å². The molecule has 0 bridgehead atoms. The van der Waals surface area contributed by atoms with Gasteiger partial charge in [-0.25, -0.2) is 0 Å². The fourth-order valence-corrected chi connectivity index (χ4v) is 5.91. The first-order valence-corrected chi connectivity index (χ1v) is 13.5. The second-order valence-corrected chi connectivity index (χ2v) is 11.2. The standard InChI is InChI=1S/C25H29IO5S/c1-19-6-10-23(11-7-19)32(27,28)31-18-22(9-8-21-4-2-3-5-24(21)26)20-12-14-25(15-13-20)29-16-17-30-25/h2-7,10-12,22H,8-9,13-18H2,1H3. The van der Waals surface area contributed by atoms with E-state index in [1.54, 1.807) is 24.3 Å². The second kappa shape index (κ2) is 10.3. The number of hydrogen-bond acceptors (Lipinski definition) is 5. The Balaban J connectivity index is 1.48. The van der Waals surface area contributed by atoms with Crippen LogP contribution in [0.1, 0.15) is 36.8 Å². The van der Waals surface area contributed by atoms with Gasteiger partial charge in [0.05, 0.1) is 24.7 Å². The predicted octanol–water partition coefficient (Wildman–Crippen LogP) is 5.41. The van der Waals surface area contributed by atoms with Gasteiger partial charge in [-0.1, -0.05) is 47.5 Å². The molecule has 2 aromatic rings. The minimum atomic E-state index is -3.80. The second-order valence-electron chi connectivity index (χ2n) is 8.47. The van der Waals surface area contributed by atoms with E-state index in [1.165, 1.54) is 14.7 Å². The van der Waals surface area contributed by atoms with Crippen LogP contribution in [0.3, 0.4) is 0 Å². The molecule has 4 rings (SSSR count). The molecule has 1 unspecified atom stereocenters. The van der Waals surface area contributed by atoms with Crippen LogP contribution in [0, 0.1) is 16.4 Å². The SMILES string of the molecule is Cc1ccc(S(=O)(=O)OCC(CCc2ccccc2I)C2=CCC3(CC2)OCCO3)cc1. The highest BCUT2D eigenvalue weighted by atomic mass is 127. The third-order valence-electron chi connectivity index (χ3n) is 6.26. The Morgan fingerprint density at radius 2 is 1.81 bits per heavy atom. The third kappa shape index (κ3) is 5.80. The minimum Gasteiger partial charge on any atom is -0.347 e. The van der Waals surface area contributed by atoms with E-state index in [9.17, 15) is 8.42 Å². The molecule has 1 fully saturated rings. The van der Waals surface area contributed by atoms with E-state index in [-0.39, 0.29) is 17.4 Å². The summed E-state index contributed by atoms with van der Waals surface area (Å²) in [7, 11) is -3.80. The van der Waals surface area contributed by atoms with E-state index < -0.39 is 15.9 Å². The van der Waals surface area contributed by atoms with Gasteiger partial charge in [0.2, 0.25) is 0 Å². The van der Waals surface area contributed by atoms with Crippen molar-refractivity contribution in [3.05, 3.63) is 74.9 Å². The third-order valence-corrected chi connectivity index (χ3v) is 8.61. The molecular weight excluding hydrogens is 539 g/mol.